The van der Waals surface area contributed by atoms with Crippen LogP contribution < -0.4 is 15.1 Å². The van der Waals surface area contributed by atoms with Gasteiger partial charge < -0.3 is 39.7 Å². The lowest BCUT2D eigenvalue weighted by Crippen LogP contribution is -2.39. The Bertz CT molecular complexity index is 1780. The van der Waals surface area contributed by atoms with Crippen molar-refractivity contribution in [2.24, 2.45) is 10.8 Å². The molecule has 6 heterocycles. The molecule has 2 aromatic rings. The summed E-state index contributed by atoms with van der Waals surface area (Å²) in [6.07, 6.45) is 4.73. The molecule has 0 aliphatic carbocycles. The number of ether oxygens (including phenoxy) is 1. The van der Waals surface area contributed by atoms with Crippen LogP contribution in [-0.4, -0.2) is 154 Å². The number of alkyl halides is 3. The highest BCUT2D eigenvalue weighted by atomic mass is 19.4. The van der Waals surface area contributed by atoms with Crippen molar-refractivity contribution >= 4 is 47.3 Å². The maximum Gasteiger partial charge on any atom is 0.490 e. The minimum Gasteiger partial charge on any atom is -0.475 e. The Morgan fingerprint density at radius 1 is 0.754 bits per heavy atom. The van der Waals surface area contributed by atoms with E-state index in [1.807, 2.05) is 25.7 Å². The quantitative estimate of drug-likeness (QED) is 0.446. The van der Waals surface area contributed by atoms with E-state index < -0.39 is 17.7 Å². The van der Waals surface area contributed by atoms with E-state index in [0.29, 0.717) is 37.6 Å². The van der Waals surface area contributed by atoms with Crippen molar-refractivity contribution in [1.82, 2.24) is 39.6 Å². The summed E-state index contributed by atoms with van der Waals surface area (Å²) >= 11 is 0. The van der Waals surface area contributed by atoms with Crippen molar-refractivity contribution < 1.29 is 51.8 Å². The summed E-state index contributed by atoms with van der Waals surface area (Å²) in [7, 11) is 3.31. The van der Waals surface area contributed by atoms with Crippen molar-refractivity contribution in [3.8, 4) is 0 Å². The third-order valence-corrected chi connectivity index (χ3v) is 10.3. The van der Waals surface area contributed by atoms with Crippen LogP contribution in [0, 0.1) is 10.8 Å². The Labute approximate surface area is 329 Å². The highest BCUT2D eigenvalue weighted by molar-refractivity contribution is 5.91. The van der Waals surface area contributed by atoms with Crippen LogP contribution in [0.1, 0.15) is 67.7 Å². The summed E-state index contributed by atoms with van der Waals surface area (Å²) in [6.45, 7) is 14.6. The van der Waals surface area contributed by atoms with Gasteiger partial charge in [0.15, 0.2) is 0 Å². The topological polar surface area (TPSA) is 196 Å². The van der Waals surface area contributed by atoms with Gasteiger partial charge in [0.05, 0.1) is 36.2 Å². The molecule has 4 fully saturated rings. The van der Waals surface area contributed by atoms with E-state index in [0.717, 1.165) is 51.9 Å². The highest BCUT2D eigenvalue weighted by Gasteiger charge is 2.47. The number of nitrogens with zero attached hydrogens (tertiary/aromatic N) is 9. The van der Waals surface area contributed by atoms with Crippen molar-refractivity contribution in [2.45, 2.75) is 79.5 Å². The SMILES string of the molecule is C.CC(=O)N(C)c1cnn(C(=O)N2CCC3(CCN(C(=O)OC(C)(C)C)C3)C2)c1.CC(=O)N(C)c1cnn(C(=O)N2CCC3(CCNC3)C2)c1.O=C(O)C(F)(F)F. The van der Waals surface area contributed by atoms with E-state index in [-0.39, 0.29) is 48.2 Å². The number of carbonyl (C=O) groups is 6. The Morgan fingerprint density at radius 2 is 1.16 bits per heavy atom. The fourth-order valence-corrected chi connectivity index (χ4v) is 6.93. The van der Waals surface area contributed by atoms with Crippen molar-refractivity contribution in [3.05, 3.63) is 24.8 Å². The van der Waals surface area contributed by atoms with Gasteiger partial charge in [0.1, 0.15) is 5.60 Å². The number of anilines is 2. The zero-order valence-corrected chi connectivity index (χ0v) is 32.8. The number of hydrogen-bond acceptors (Lipinski definition) is 10. The molecule has 4 saturated heterocycles. The van der Waals surface area contributed by atoms with Gasteiger partial charge in [0, 0.05) is 84.6 Å². The molecule has 2 N–H and O–H groups in total. The molecule has 2 atom stereocenters. The van der Waals surface area contributed by atoms with E-state index in [1.54, 1.807) is 42.5 Å². The fourth-order valence-electron chi connectivity index (χ4n) is 6.93. The number of aromatic nitrogens is 4. The first-order chi connectivity index (χ1) is 25.9. The Kier molecular flexibility index (Phi) is 14.5. The van der Waals surface area contributed by atoms with Crippen LogP contribution in [0.5, 0.6) is 0 Å². The van der Waals surface area contributed by atoms with E-state index in [9.17, 15) is 37.1 Å². The molecule has 0 aromatic carbocycles. The molecule has 4 aliphatic rings. The first-order valence-electron chi connectivity index (χ1n) is 18.1. The van der Waals surface area contributed by atoms with Gasteiger partial charge in [0.25, 0.3) is 0 Å². The molecule has 2 unspecified atom stereocenters. The maximum absolute atomic E-state index is 12.8. The number of nitrogens with one attached hydrogen (secondary N) is 1. The number of likely N-dealkylation sites (tertiary alicyclic amines) is 3. The van der Waals surface area contributed by atoms with Gasteiger partial charge in [-0.3, -0.25) is 9.59 Å². The first kappa shape index (κ1) is 46.2. The van der Waals surface area contributed by atoms with Gasteiger partial charge in [-0.15, -0.1) is 0 Å². The summed E-state index contributed by atoms with van der Waals surface area (Å²) in [6, 6.07) is -0.322. The van der Waals surface area contributed by atoms with Crippen LogP contribution in [0.3, 0.4) is 0 Å². The van der Waals surface area contributed by atoms with Crippen LogP contribution in [0.25, 0.3) is 0 Å². The van der Waals surface area contributed by atoms with E-state index >= 15 is 0 Å². The third-order valence-electron chi connectivity index (χ3n) is 10.3. The lowest BCUT2D eigenvalue weighted by Gasteiger charge is -2.27. The summed E-state index contributed by atoms with van der Waals surface area (Å²) in [5, 5.41) is 18.7. The van der Waals surface area contributed by atoms with Crippen molar-refractivity contribution in [1.29, 1.82) is 0 Å². The van der Waals surface area contributed by atoms with Crippen LogP contribution >= 0.6 is 0 Å². The second kappa shape index (κ2) is 17.9. The van der Waals surface area contributed by atoms with Gasteiger partial charge >= 0.3 is 30.3 Å². The molecule has 21 heteroatoms. The molecular weight excluding hydrogens is 757 g/mol. The minimum atomic E-state index is -5.08. The number of rotatable bonds is 2. The van der Waals surface area contributed by atoms with Gasteiger partial charge in [0.2, 0.25) is 11.8 Å². The van der Waals surface area contributed by atoms with Crippen LogP contribution in [-0.2, 0) is 19.1 Å². The van der Waals surface area contributed by atoms with Crippen LogP contribution in [0.2, 0.25) is 0 Å². The zero-order chi connectivity index (χ0) is 41.8. The monoisotopic (exact) mass is 812 g/mol. The number of amides is 5. The highest BCUT2D eigenvalue weighted by Crippen LogP contribution is 2.40. The van der Waals surface area contributed by atoms with Gasteiger partial charge in [-0.25, -0.2) is 19.2 Å². The predicted octanol–water partition coefficient (Wildman–Crippen LogP) is 3.96. The Balaban J connectivity index is 0.000000265. The summed E-state index contributed by atoms with van der Waals surface area (Å²) in [5.74, 6) is -2.97. The summed E-state index contributed by atoms with van der Waals surface area (Å²) < 4.78 is 39.8. The van der Waals surface area contributed by atoms with E-state index in [4.69, 9.17) is 14.6 Å². The maximum atomic E-state index is 12.8. The summed E-state index contributed by atoms with van der Waals surface area (Å²) in [5.41, 5.74) is 0.856. The van der Waals surface area contributed by atoms with Crippen molar-refractivity contribution in [3.63, 3.8) is 0 Å². The Morgan fingerprint density at radius 3 is 1.54 bits per heavy atom. The molecule has 6 rings (SSSR count). The molecule has 57 heavy (non-hydrogen) atoms. The molecule has 0 bridgehead atoms. The molecule has 4 aliphatic heterocycles. The largest absolute Gasteiger partial charge is 0.490 e. The smallest absolute Gasteiger partial charge is 0.475 e. The Hall–Kier alpha value is -5.21. The molecular formula is C36H55F3N10O8. The second-order valence-electron chi connectivity index (χ2n) is 15.7. The lowest BCUT2D eigenvalue weighted by molar-refractivity contribution is -0.192. The number of carboxylic acid groups (broad SMARTS) is 1. The molecule has 18 nitrogen and oxygen atoms in total. The molecule has 2 spiro atoms. The second-order valence-corrected chi connectivity index (χ2v) is 15.7. The van der Waals surface area contributed by atoms with Crippen LogP contribution in [0.4, 0.5) is 38.9 Å². The molecule has 0 saturated carbocycles. The number of halogens is 3. The van der Waals surface area contributed by atoms with E-state index in [2.05, 4.69) is 15.5 Å². The fraction of sp³-hybridized carbons (Fsp3) is 0.667. The molecule has 5 amide bonds. The number of carbonyl (C=O) groups excluding carboxylic acids is 5. The first-order valence-corrected chi connectivity index (χ1v) is 18.1. The molecule has 0 radical (unpaired) electrons. The summed E-state index contributed by atoms with van der Waals surface area (Å²) in [4.78, 5) is 77.6. The minimum absolute atomic E-state index is 0. The average Bonchev–Trinajstić information content (AvgIpc) is 3.98. The third kappa shape index (κ3) is 11.7. The zero-order valence-electron chi connectivity index (χ0n) is 32.8. The van der Waals surface area contributed by atoms with E-state index in [1.165, 1.54) is 39.2 Å². The number of hydrogen-bond donors (Lipinski definition) is 2. The molecule has 318 valence electrons. The normalized spacial score (nSPS) is 21.3. The number of carboxylic acids is 1. The van der Waals surface area contributed by atoms with Gasteiger partial charge in [-0.2, -0.15) is 32.7 Å². The average molecular weight is 813 g/mol. The molecule has 2 aromatic heterocycles. The standard InChI is InChI=1S/C19H29N5O4.C14H21N5O2.C2HF3O2.CH4/c1-14(25)21(5)15-10-20-24(11-15)16(26)22-8-6-19(12-22)7-9-23(13-19)17(27)28-18(2,3)4;1-11(20)17(2)12-7-16-19(8-12)13(21)18-6-4-14(10-18)3-5-15-9-14;3-2(4,5)1(6)7;/h10-11H,6-9,12-13H2,1-5H3;7-8,15H,3-6,9-10H2,1-2H3;(H,6,7);1H4. The predicted molar refractivity (Wildman–Crippen MR) is 202 cm³/mol. The van der Waals surface area contributed by atoms with Crippen LogP contribution in [0.15, 0.2) is 24.8 Å². The van der Waals surface area contributed by atoms with Gasteiger partial charge in [-0.1, -0.05) is 7.43 Å². The lowest BCUT2D eigenvalue weighted by atomic mass is 9.86. The van der Waals surface area contributed by atoms with Gasteiger partial charge in [-0.05, 0) is 53.0 Å². The number of aliphatic carboxylic acids is 1. The van der Waals surface area contributed by atoms with Crippen molar-refractivity contribution in [2.75, 3.05) is 76.3 Å².